The first-order chi connectivity index (χ1) is 8.73. The molecule has 108 valence electrons. The summed E-state index contributed by atoms with van der Waals surface area (Å²) in [4.78, 5) is 25.8. The van der Waals surface area contributed by atoms with Crippen LogP contribution < -0.4 is 0 Å². The van der Waals surface area contributed by atoms with Crippen LogP contribution in [0.15, 0.2) is 0 Å². The Bertz CT molecular complexity index is 373. The van der Waals surface area contributed by atoms with Crippen LogP contribution in [0.1, 0.15) is 66.2 Å². The van der Waals surface area contributed by atoms with Crippen LogP contribution in [-0.4, -0.2) is 34.0 Å². The molecule has 1 aliphatic heterocycles. The molecular formula is C15H25NO3. The monoisotopic (exact) mass is 267 g/mol. The maximum absolute atomic E-state index is 12.4. The van der Waals surface area contributed by atoms with Crippen LogP contribution in [0, 0.1) is 0 Å². The summed E-state index contributed by atoms with van der Waals surface area (Å²) in [6.45, 7) is 7.75. The Balaban J connectivity index is 2.16. The second-order valence-corrected chi connectivity index (χ2v) is 7.00. The minimum Gasteiger partial charge on any atom is -0.444 e. The van der Waals surface area contributed by atoms with Crippen LogP contribution in [-0.2, 0) is 9.53 Å². The first-order valence-electron chi connectivity index (χ1n) is 7.28. The Morgan fingerprint density at radius 3 is 2.37 bits per heavy atom. The Labute approximate surface area is 115 Å². The smallest absolute Gasteiger partial charge is 0.410 e. The van der Waals surface area contributed by atoms with E-state index in [1.807, 2.05) is 25.7 Å². The first-order valence-corrected chi connectivity index (χ1v) is 7.28. The van der Waals surface area contributed by atoms with Gasteiger partial charge in [0, 0.05) is 24.4 Å². The van der Waals surface area contributed by atoms with Crippen LogP contribution in [0.3, 0.4) is 0 Å². The fraction of sp³-hybridized carbons (Fsp3) is 0.867. The Kier molecular flexibility index (Phi) is 3.63. The molecule has 0 aromatic heterocycles. The van der Waals surface area contributed by atoms with Crippen molar-refractivity contribution in [2.75, 3.05) is 0 Å². The van der Waals surface area contributed by atoms with E-state index in [1.54, 1.807) is 0 Å². The molecule has 1 saturated carbocycles. The summed E-state index contributed by atoms with van der Waals surface area (Å²) < 4.78 is 5.55. The molecule has 0 aromatic carbocycles. The van der Waals surface area contributed by atoms with E-state index in [9.17, 15) is 9.59 Å². The third-order valence-corrected chi connectivity index (χ3v) is 4.31. The molecule has 0 N–H and O–H groups in total. The van der Waals surface area contributed by atoms with Gasteiger partial charge in [-0.2, -0.15) is 0 Å². The topological polar surface area (TPSA) is 46.6 Å². The molecule has 1 unspecified atom stereocenters. The molecule has 19 heavy (non-hydrogen) atoms. The molecule has 1 spiro atoms. The number of hydrogen-bond donors (Lipinski definition) is 0. The van der Waals surface area contributed by atoms with Gasteiger partial charge in [0.05, 0.1) is 0 Å². The quantitative estimate of drug-likeness (QED) is 0.676. The van der Waals surface area contributed by atoms with Gasteiger partial charge in [-0.15, -0.1) is 0 Å². The van der Waals surface area contributed by atoms with Gasteiger partial charge in [0.25, 0.3) is 0 Å². The minimum absolute atomic E-state index is 0.129. The maximum Gasteiger partial charge on any atom is 0.410 e. The molecular weight excluding hydrogens is 242 g/mol. The Morgan fingerprint density at radius 2 is 1.84 bits per heavy atom. The number of carbonyl (C=O) groups excluding carboxylic acids is 2. The molecule has 4 nitrogen and oxygen atoms in total. The predicted molar refractivity (Wildman–Crippen MR) is 73.0 cm³/mol. The number of ether oxygens (including phenoxy) is 1. The summed E-state index contributed by atoms with van der Waals surface area (Å²) in [5.74, 6) is 0.328. The largest absolute Gasteiger partial charge is 0.444 e. The molecule has 1 saturated heterocycles. The lowest BCUT2D eigenvalue weighted by atomic mass is 9.79. The third-order valence-electron chi connectivity index (χ3n) is 4.31. The SMILES string of the molecule is CC1CCC2(CCC(=O)CC2)N1C(=O)OC(C)(C)C. The van der Waals surface area contributed by atoms with Crippen LogP contribution in [0.2, 0.25) is 0 Å². The highest BCUT2D eigenvalue weighted by Gasteiger charge is 2.49. The number of carbonyl (C=O) groups is 2. The lowest BCUT2D eigenvalue weighted by Gasteiger charge is -2.43. The van der Waals surface area contributed by atoms with E-state index in [0.717, 1.165) is 25.7 Å². The summed E-state index contributed by atoms with van der Waals surface area (Å²) in [5.41, 5.74) is -0.596. The van der Waals surface area contributed by atoms with Crippen molar-refractivity contribution in [1.29, 1.82) is 0 Å². The zero-order chi connectivity index (χ0) is 14.3. The van der Waals surface area contributed by atoms with Gasteiger partial charge < -0.3 is 4.74 Å². The van der Waals surface area contributed by atoms with Gasteiger partial charge in [-0.05, 0) is 53.4 Å². The summed E-state index contributed by atoms with van der Waals surface area (Å²) in [6.07, 6.45) is 4.60. The van der Waals surface area contributed by atoms with Crippen LogP contribution in [0.5, 0.6) is 0 Å². The number of Topliss-reactive ketones (excluding diaryl/α,β-unsaturated/α-hetero) is 1. The molecule has 1 heterocycles. The van der Waals surface area contributed by atoms with Gasteiger partial charge in [0.15, 0.2) is 0 Å². The van der Waals surface area contributed by atoms with Gasteiger partial charge in [0.2, 0.25) is 0 Å². The average Bonchev–Trinajstić information content (AvgIpc) is 2.58. The lowest BCUT2D eigenvalue weighted by molar-refractivity contribution is -0.123. The van der Waals surface area contributed by atoms with E-state index >= 15 is 0 Å². The standard InChI is InChI=1S/C15H25NO3/c1-11-5-8-15(9-6-12(17)7-10-15)16(11)13(18)19-14(2,3)4/h11H,5-10H2,1-4H3. The van der Waals surface area contributed by atoms with Crippen LogP contribution in [0.25, 0.3) is 0 Å². The highest BCUT2D eigenvalue weighted by atomic mass is 16.6. The average molecular weight is 267 g/mol. The van der Waals surface area contributed by atoms with Gasteiger partial charge >= 0.3 is 6.09 Å². The summed E-state index contributed by atoms with van der Waals surface area (Å²) in [6, 6.07) is 0.211. The van der Waals surface area contributed by atoms with Crippen molar-refractivity contribution in [2.24, 2.45) is 0 Å². The number of amides is 1. The van der Waals surface area contributed by atoms with E-state index in [0.29, 0.717) is 18.6 Å². The van der Waals surface area contributed by atoms with E-state index in [4.69, 9.17) is 4.74 Å². The molecule has 1 amide bonds. The van der Waals surface area contributed by atoms with Crippen molar-refractivity contribution >= 4 is 11.9 Å². The molecule has 4 heteroatoms. The molecule has 1 atom stereocenters. The predicted octanol–water partition coefficient (Wildman–Crippen LogP) is 3.29. The van der Waals surface area contributed by atoms with E-state index in [-0.39, 0.29) is 17.7 Å². The van der Waals surface area contributed by atoms with E-state index < -0.39 is 5.60 Å². The number of nitrogens with zero attached hydrogens (tertiary/aromatic N) is 1. The fourth-order valence-electron chi connectivity index (χ4n) is 3.36. The number of likely N-dealkylation sites (tertiary alicyclic amines) is 1. The number of rotatable bonds is 0. The second-order valence-electron chi connectivity index (χ2n) is 7.00. The van der Waals surface area contributed by atoms with E-state index in [2.05, 4.69) is 6.92 Å². The molecule has 0 bridgehead atoms. The van der Waals surface area contributed by atoms with Crippen molar-refractivity contribution in [2.45, 2.75) is 83.4 Å². The van der Waals surface area contributed by atoms with Crippen molar-refractivity contribution in [3.8, 4) is 0 Å². The number of hydrogen-bond acceptors (Lipinski definition) is 3. The highest BCUT2D eigenvalue weighted by Crippen LogP contribution is 2.44. The zero-order valence-corrected chi connectivity index (χ0v) is 12.5. The normalized spacial score (nSPS) is 26.8. The third kappa shape index (κ3) is 2.93. The molecule has 1 aliphatic carbocycles. The number of ketones is 1. The van der Waals surface area contributed by atoms with Crippen molar-refractivity contribution in [3.63, 3.8) is 0 Å². The molecule has 0 radical (unpaired) electrons. The molecule has 0 aromatic rings. The van der Waals surface area contributed by atoms with Crippen molar-refractivity contribution in [1.82, 2.24) is 4.90 Å². The lowest BCUT2D eigenvalue weighted by Crippen LogP contribution is -2.53. The van der Waals surface area contributed by atoms with Gasteiger partial charge in [-0.3, -0.25) is 9.69 Å². The highest BCUT2D eigenvalue weighted by molar-refractivity contribution is 5.80. The van der Waals surface area contributed by atoms with E-state index in [1.165, 1.54) is 0 Å². The second kappa shape index (κ2) is 4.80. The first kappa shape index (κ1) is 14.4. The van der Waals surface area contributed by atoms with Crippen LogP contribution >= 0.6 is 0 Å². The molecule has 2 aliphatic rings. The fourth-order valence-corrected chi connectivity index (χ4v) is 3.36. The molecule has 2 rings (SSSR count). The molecule has 2 fully saturated rings. The summed E-state index contributed by atoms with van der Waals surface area (Å²) in [5, 5.41) is 0. The summed E-state index contributed by atoms with van der Waals surface area (Å²) in [7, 11) is 0. The van der Waals surface area contributed by atoms with Crippen molar-refractivity contribution < 1.29 is 14.3 Å². The summed E-state index contributed by atoms with van der Waals surface area (Å²) >= 11 is 0. The van der Waals surface area contributed by atoms with Gasteiger partial charge in [-0.25, -0.2) is 4.79 Å². The Morgan fingerprint density at radius 1 is 1.26 bits per heavy atom. The maximum atomic E-state index is 12.4. The van der Waals surface area contributed by atoms with Gasteiger partial charge in [0.1, 0.15) is 11.4 Å². The minimum atomic E-state index is -0.467. The van der Waals surface area contributed by atoms with Crippen LogP contribution in [0.4, 0.5) is 4.79 Å². The van der Waals surface area contributed by atoms with Crippen molar-refractivity contribution in [3.05, 3.63) is 0 Å². The Hall–Kier alpha value is -1.06. The van der Waals surface area contributed by atoms with Gasteiger partial charge in [-0.1, -0.05) is 0 Å². The zero-order valence-electron chi connectivity index (χ0n) is 12.5.